The van der Waals surface area contributed by atoms with Crippen LogP contribution in [0, 0.1) is 20.2 Å². The van der Waals surface area contributed by atoms with E-state index in [1.54, 1.807) is 13.8 Å². The van der Waals surface area contributed by atoms with Gasteiger partial charge < -0.3 is 9.57 Å². The maximum atomic E-state index is 10.6. The molecule has 0 spiro atoms. The molecule has 100 valence electrons. The van der Waals surface area contributed by atoms with Crippen LogP contribution in [0.25, 0.3) is 0 Å². The summed E-state index contributed by atoms with van der Waals surface area (Å²) in [6.07, 6.45) is 1.07. The van der Waals surface area contributed by atoms with Gasteiger partial charge in [-0.1, -0.05) is 0 Å². The number of nitro groups is 1. The van der Waals surface area contributed by atoms with Crippen molar-refractivity contribution in [2.45, 2.75) is 26.1 Å². The summed E-state index contributed by atoms with van der Waals surface area (Å²) in [4.78, 5) is 24.2. The van der Waals surface area contributed by atoms with E-state index < -0.39 is 15.6 Å². The van der Waals surface area contributed by atoms with E-state index in [0.29, 0.717) is 0 Å². The van der Waals surface area contributed by atoms with E-state index in [1.807, 2.05) is 0 Å². The lowest BCUT2D eigenvalue weighted by molar-refractivity contribution is -0.760. The molecule has 0 unspecified atom stereocenters. The molecule has 0 saturated heterocycles. The first-order valence-electron chi connectivity index (χ1n) is 4.90. The molecule has 0 atom stereocenters. The van der Waals surface area contributed by atoms with Crippen molar-refractivity contribution in [3.63, 3.8) is 0 Å². The summed E-state index contributed by atoms with van der Waals surface area (Å²) in [5, 5.41) is 25.7. The number of nitrogens with zero attached hydrogens (tertiary/aromatic N) is 3. The van der Waals surface area contributed by atoms with Gasteiger partial charge in [-0.3, -0.25) is 15.2 Å². The van der Waals surface area contributed by atoms with Crippen LogP contribution in [0.3, 0.4) is 0 Å². The number of aromatic nitrogens is 2. The second-order valence-corrected chi connectivity index (χ2v) is 4.04. The lowest BCUT2D eigenvalue weighted by Gasteiger charge is -2.23. The van der Waals surface area contributed by atoms with Gasteiger partial charge in [0.2, 0.25) is 0 Å². The molecule has 0 aromatic carbocycles. The van der Waals surface area contributed by atoms with E-state index in [0.717, 1.165) is 6.20 Å². The van der Waals surface area contributed by atoms with E-state index in [1.165, 1.54) is 0 Å². The van der Waals surface area contributed by atoms with Gasteiger partial charge in [0.1, 0.15) is 18.5 Å². The molecule has 0 aliphatic rings. The fraction of sp³-hybridized carbons (Fsp3) is 0.625. The van der Waals surface area contributed by atoms with Gasteiger partial charge >= 0.3 is 5.69 Å². The van der Waals surface area contributed by atoms with Crippen LogP contribution in [-0.2, 0) is 16.2 Å². The van der Waals surface area contributed by atoms with Crippen LogP contribution in [0.15, 0.2) is 6.20 Å². The summed E-state index contributed by atoms with van der Waals surface area (Å²) >= 11 is 0. The Balaban J connectivity index is 2.55. The summed E-state index contributed by atoms with van der Waals surface area (Å²) < 4.78 is 5.31. The van der Waals surface area contributed by atoms with Gasteiger partial charge in [0.25, 0.3) is 5.09 Å². The molecule has 1 aromatic rings. The Labute approximate surface area is 101 Å². The van der Waals surface area contributed by atoms with E-state index in [9.17, 15) is 20.2 Å². The Morgan fingerprint density at radius 1 is 1.44 bits per heavy atom. The standard InChI is InChI=1S/C8H12N4O6/c1-8(2,5-18-12(15)16)17-4-6-7(11(13)14)3-9-10-6/h3H,4-5H2,1-2H3,(H,9,10). The normalized spacial score (nSPS) is 11.2. The Kier molecular flexibility index (Phi) is 4.15. The van der Waals surface area contributed by atoms with Gasteiger partial charge in [-0.05, 0) is 13.8 Å². The second-order valence-electron chi connectivity index (χ2n) is 4.04. The summed E-state index contributed by atoms with van der Waals surface area (Å²) in [7, 11) is 0. The van der Waals surface area contributed by atoms with Crippen molar-refractivity contribution in [3.8, 4) is 0 Å². The number of hydrogen-bond donors (Lipinski definition) is 1. The van der Waals surface area contributed by atoms with Crippen LogP contribution in [-0.4, -0.2) is 32.4 Å². The zero-order valence-corrected chi connectivity index (χ0v) is 9.78. The largest absolute Gasteiger partial charge is 0.367 e. The van der Waals surface area contributed by atoms with Gasteiger partial charge in [0.05, 0.1) is 17.1 Å². The number of nitrogens with one attached hydrogen (secondary N) is 1. The van der Waals surface area contributed by atoms with Gasteiger partial charge in [0, 0.05) is 0 Å². The maximum Gasteiger partial charge on any atom is 0.312 e. The molecular formula is C8H12N4O6. The molecule has 0 aliphatic carbocycles. The first kappa shape index (κ1) is 13.8. The topological polar surface area (TPSA) is 133 Å². The number of rotatable bonds is 7. The molecule has 0 radical (unpaired) electrons. The number of ether oxygens (including phenoxy) is 1. The molecule has 1 rings (SSSR count). The molecule has 0 fully saturated rings. The fourth-order valence-corrected chi connectivity index (χ4v) is 1.09. The highest BCUT2D eigenvalue weighted by Crippen LogP contribution is 2.19. The van der Waals surface area contributed by atoms with Gasteiger partial charge in [0.15, 0.2) is 0 Å². The summed E-state index contributed by atoms with van der Waals surface area (Å²) in [6, 6.07) is 0. The van der Waals surface area contributed by atoms with Crippen LogP contribution in [0.5, 0.6) is 0 Å². The number of H-pyrrole nitrogens is 1. The number of hydrogen-bond acceptors (Lipinski definition) is 7. The van der Waals surface area contributed by atoms with Crippen LogP contribution in [0.4, 0.5) is 5.69 Å². The van der Waals surface area contributed by atoms with Crippen molar-refractivity contribution >= 4 is 5.69 Å². The minimum Gasteiger partial charge on any atom is -0.367 e. The molecule has 18 heavy (non-hydrogen) atoms. The highest BCUT2D eigenvalue weighted by Gasteiger charge is 2.24. The second kappa shape index (κ2) is 5.40. The lowest BCUT2D eigenvalue weighted by atomic mass is 10.1. The van der Waals surface area contributed by atoms with Crippen molar-refractivity contribution in [1.82, 2.24) is 10.2 Å². The summed E-state index contributed by atoms with van der Waals surface area (Å²) in [5.74, 6) is 0. The van der Waals surface area contributed by atoms with Gasteiger partial charge in [-0.15, -0.1) is 10.1 Å². The van der Waals surface area contributed by atoms with Crippen molar-refractivity contribution in [2.75, 3.05) is 6.61 Å². The molecular weight excluding hydrogens is 248 g/mol. The van der Waals surface area contributed by atoms with Gasteiger partial charge in [-0.2, -0.15) is 5.10 Å². The smallest absolute Gasteiger partial charge is 0.312 e. The fourth-order valence-electron chi connectivity index (χ4n) is 1.09. The Morgan fingerprint density at radius 3 is 2.67 bits per heavy atom. The third-order valence-corrected chi connectivity index (χ3v) is 2.02. The quantitative estimate of drug-likeness (QED) is 0.566. The van der Waals surface area contributed by atoms with Crippen molar-refractivity contribution in [3.05, 3.63) is 32.1 Å². The van der Waals surface area contributed by atoms with Crippen LogP contribution >= 0.6 is 0 Å². The average Bonchev–Trinajstić information content (AvgIpc) is 2.72. The molecule has 1 N–H and O–H groups in total. The van der Waals surface area contributed by atoms with E-state index >= 15 is 0 Å². The maximum absolute atomic E-state index is 10.6. The Bertz CT molecular complexity index is 443. The van der Waals surface area contributed by atoms with Crippen molar-refractivity contribution in [1.29, 1.82) is 0 Å². The van der Waals surface area contributed by atoms with E-state index in [4.69, 9.17) is 4.74 Å². The highest BCUT2D eigenvalue weighted by molar-refractivity contribution is 5.31. The van der Waals surface area contributed by atoms with Crippen LogP contribution in [0.2, 0.25) is 0 Å². The third-order valence-electron chi connectivity index (χ3n) is 2.02. The Morgan fingerprint density at radius 2 is 2.11 bits per heavy atom. The third kappa shape index (κ3) is 3.97. The zero-order valence-electron chi connectivity index (χ0n) is 9.78. The molecule has 1 heterocycles. The van der Waals surface area contributed by atoms with Crippen LogP contribution < -0.4 is 0 Å². The minimum atomic E-state index is -0.952. The van der Waals surface area contributed by atoms with Gasteiger partial charge in [-0.25, -0.2) is 0 Å². The van der Waals surface area contributed by atoms with Crippen molar-refractivity contribution in [2.24, 2.45) is 0 Å². The molecule has 10 heteroatoms. The van der Waals surface area contributed by atoms with Crippen LogP contribution in [0.1, 0.15) is 19.5 Å². The number of aromatic amines is 1. The van der Waals surface area contributed by atoms with E-state index in [2.05, 4.69) is 15.0 Å². The lowest BCUT2D eigenvalue weighted by Crippen LogP contribution is -2.31. The Hall–Kier alpha value is -2.23. The predicted molar refractivity (Wildman–Crippen MR) is 57.1 cm³/mol. The molecule has 0 aliphatic heterocycles. The molecule has 0 amide bonds. The minimum absolute atomic E-state index is 0.121. The van der Waals surface area contributed by atoms with E-state index in [-0.39, 0.29) is 24.6 Å². The molecule has 0 bridgehead atoms. The zero-order chi connectivity index (χ0) is 13.8. The average molecular weight is 260 g/mol. The summed E-state index contributed by atoms with van der Waals surface area (Å²) in [5.41, 5.74) is -0.957. The SMILES string of the molecule is CC(C)(CO[N+](=O)[O-])OCc1[nH]ncc1[N+](=O)[O-]. The molecule has 10 nitrogen and oxygen atoms in total. The predicted octanol–water partition coefficient (Wildman–Crippen LogP) is 0.821. The first-order valence-corrected chi connectivity index (χ1v) is 4.90. The first-order chi connectivity index (χ1) is 8.32. The monoisotopic (exact) mass is 260 g/mol. The highest BCUT2D eigenvalue weighted by atomic mass is 17.0. The van der Waals surface area contributed by atoms with Crippen molar-refractivity contribution < 1.29 is 19.6 Å². The molecule has 0 saturated carbocycles. The molecule has 1 aromatic heterocycles. The summed E-state index contributed by atoms with van der Waals surface area (Å²) in [6.45, 7) is 2.74.